The van der Waals surface area contributed by atoms with Gasteiger partial charge < -0.3 is 20.1 Å². The second-order valence-corrected chi connectivity index (χ2v) is 6.63. The van der Waals surface area contributed by atoms with Crippen LogP contribution < -0.4 is 4.74 Å². The number of halogens is 1. The molecule has 0 heterocycles. The fourth-order valence-electron chi connectivity index (χ4n) is 3.39. The number of ether oxygens (including phenoxy) is 1. The zero-order chi connectivity index (χ0) is 17.8. The van der Waals surface area contributed by atoms with Crippen molar-refractivity contribution < 1.29 is 24.4 Å². The van der Waals surface area contributed by atoms with Crippen LogP contribution >= 0.6 is 0 Å². The van der Waals surface area contributed by atoms with Crippen LogP contribution in [0.5, 0.6) is 5.75 Å². The highest BCUT2D eigenvalue weighted by molar-refractivity contribution is 5.37. The molecule has 134 valence electrons. The summed E-state index contributed by atoms with van der Waals surface area (Å²) in [5.41, 5.74) is 1.78. The molecule has 4 atom stereocenters. The molecule has 0 aromatic heterocycles. The average Bonchev–Trinajstić information content (AvgIpc) is 2.59. The van der Waals surface area contributed by atoms with Crippen molar-refractivity contribution in [3.8, 4) is 5.75 Å². The molecule has 1 aliphatic carbocycles. The maximum atomic E-state index is 13.4. The van der Waals surface area contributed by atoms with Crippen LogP contribution in [0.15, 0.2) is 48.5 Å². The summed E-state index contributed by atoms with van der Waals surface area (Å²) in [4.78, 5) is 0. The summed E-state index contributed by atoms with van der Waals surface area (Å²) >= 11 is 0. The fourth-order valence-corrected chi connectivity index (χ4v) is 3.39. The maximum Gasteiger partial charge on any atom is 0.123 e. The highest BCUT2D eigenvalue weighted by Gasteiger charge is 2.36. The highest BCUT2D eigenvalue weighted by Crippen LogP contribution is 2.30. The average molecular weight is 346 g/mol. The Balaban J connectivity index is 1.75. The Morgan fingerprint density at radius 3 is 2.60 bits per heavy atom. The van der Waals surface area contributed by atoms with E-state index in [1.54, 1.807) is 6.07 Å². The number of benzene rings is 2. The lowest BCUT2D eigenvalue weighted by atomic mass is 9.83. The van der Waals surface area contributed by atoms with Gasteiger partial charge in [0.25, 0.3) is 0 Å². The van der Waals surface area contributed by atoms with Crippen LogP contribution in [-0.2, 0) is 6.42 Å². The second-order valence-electron chi connectivity index (χ2n) is 6.63. The summed E-state index contributed by atoms with van der Waals surface area (Å²) in [6, 6.07) is 14.0. The van der Waals surface area contributed by atoms with Crippen LogP contribution in [0.1, 0.15) is 24.0 Å². The summed E-state index contributed by atoms with van der Waals surface area (Å²) in [7, 11) is 0. The van der Waals surface area contributed by atoms with Crippen LogP contribution in [0, 0.1) is 11.7 Å². The molecule has 4 nitrogen and oxygen atoms in total. The Morgan fingerprint density at radius 2 is 1.84 bits per heavy atom. The van der Waals surface area contributed by atoms with Crippen LogP contribution in [-0.4, -0.2) is 40.2 Å². The molecule has 0 spiro atoms. The van der Waals surface area contributed by atoms with Crippen molar-refractivity contribution >= 4 is 0 Å². The molecule has 2 aromatic carbocycles. The molecule has 0 radical (unpaired) electrons. The van der Waals surface area contributed by atoms with E-state index in [2.05, 4.69) is 0 Å². The van der Waals surface area contributed by atoms with Gasteiger partial charge in [0.05, 0.1) is 12.2 Å². The monoisotopic (exact) mass is 346 g/mol. The van der Waals surface area contributed by atoms with Gasteiger partial charge >= 0.3 is 0 Å². The van der Waals surface area contributed by atoms with E-state index in [-0.39, 0.29) is 18.5 Å². The standard InChI is InChI=1S/C20H23FO4/c21-16-6-3-4-13(9-16)8-14-5-1-2-7-19(14)25-17-10-15(12-22)20(24)18(23)11-17/h1-7,9,15,17-18,20,22-24H,8,10-12H2/t15-,17-,18-,20-/m1/s1. The first-order valence-corrected chi connectivity index (χ1v) is 8.53. The van der Waals surface area contributed by atoms with E-state index < -0.39 is 18.1 Å². The molecule has 1 saturated carbocycles. The third-order valence-corrected chi connectivity index (χ3v) is 4.73. The zero-order valence-corrected chi connectivity index (χ0v) is 13.9. The molecule has 3 rings (SSSR count). The number of aliphatic hydroxyl groups excluding tert-OH is 3. The van der Waals surface area contributed by atoms with Gasteiger partial charge in [-0.05, 0) is 35.7 Å². The van der Waals surface area contributed by atoms with Crippen molar-refractivity contribution in [3.05, 3.63) is 65.5 Å². The number of para-hydroxylation sites is 1. The van der Waals surface area contributed by atoms with E-state index >= 15 is 0 Å². The van der Waals surface area contributed by atoms with Gasteiger partial charge in [-0.15, -0.1) is 0 Å². The van der Waals surface area contributed by atoms with E-state index in [1.165, 1.54) is 12.1 Å². The predicted octanol–water partition coefficient (Wildman–Crippen LogP) is 2.29. The van der Waals surface area contributed by atoms with Crippen molar-refractivity contribution in [3.63, 3.8) is 0 Å². The van der Waals surface area contributed by atoms with Crippen LogP contribution in [0.25, 0.3) is 0 Å². The Kier molecular flexibility index (Phi) is 5.68. The maximum absolute atomic E-state index is 13.4. The van der Waals surface area contributed by atoms with Gasteiger partial charge in [-0.1, -0.05) is 30.3 Å². The van der Waals surface area contributed by atoms with Crippen molar-refractivity contribution in [1.82, 2.24) is 0 Å². The summed E-state index contributed by atoms with van der Waals surface area (Å²) in [6.07, 6.45) is -0.799. The quantitative estimate of drug-likeness (QED) is 0.777. The molecular formula is C20H23FO4. The minimum atomic E-state index is -0.924. The largest absolute Gasteiger partial charge is 0.490 e. The first-order chi connectivity index (χ1) is 12.1. The zero-order valence-electron chi connectivity index (χ0n) is 13.9. The van der Waals surface area contributed by atoms with Crippen molar-refractivity contribution in [2.45, 2.75) is 37.6 Å². The van der Waals surface area contributed by atoms with Gasteiger partial charge in [0.15, 0.2) is 0 Å². The number of rotatable bonds is 5. The predicted molar refractivity (Wildman–Crippen MR) is 91.9 cm³/mol. The molecule has 0 aliphatic heterocycles. The molecule has 0 unspecified atom stereocenters. The minimum absolute atomic E-state index is 0.191. The normalized spacial score (nSPS) is 26.4. The first-order valence-electron chi connectivity index (χ1n) is 8.53. The lowest BCUT2D eigenvalue weighted by Gasteiger charge is -2.36. The van der Waals surface area contributed by atoms with Gasteiger partial charge in [0.1, 0.15) is 17.7 Å². The summed E-state index contributed by atoms with van der Waals surface area (Å²) in [5, 5.41) is 29.3. The smallest absolute Gasteiger partial charge is 0.123 e. The molecule has 1 aliphatic rings. The number of hydrogen-bond acceptors (Lipinski definition) is 4. The lowest BCUT2D eigenvalue weighted by Crippen LogP contribution is -2.46. The van der Waals surface area contributed by atoms with Gasteiger partial charge in [-0.3, -0.25) is 0 Å². The van der Waals surface area contributed by atoms with Gasteiger partial charge in [-0.2, -0.15) is 0 Å². The Bertz CT molecular complexity index is 706. The molecule has 2 aromatic rings. The summed E-state index contributed by atoms with van der Waals surface area (Å²) in [6.45, 7) is -0.191. The topological polar surface area (TPSA) is 69.9 Å². The Hall–Kier alpha value is -1.95. The molecule has 1 fully saturated rings. The first kappa shape index (κ1) is 17.9. The third-order valence-electron chi connectivity index (χ3n) is 4.73. The molecule has 0 bridgehead atoms. The molecule has 5 heteroatoms. The van der Waals surface area contributed by atoms with Gasteiger partial charge in [0, 0.05) is 25.4 Å². The van der Waals surface area contributed by atoms with Crippen LogP contribution in [0.3, 0.4) is 0 Å². The van der Waals surface area contributed by atoms with Gasteiger partial charge in [-0.25, -0.2) is 4.39 Å². The van der Waals surface area contributed by atoms with Crippen LogP contribution in [0.2, 0.25) is 0 Å². The van der Waals surface area contributed by atoms with Gasteiger partial charge in [0.2, 0.25) is 0 Å². The van der Waals surface area contributed by atoms with E-state index in [0.29, 0.717) is 25.0 Å². The SMILES string of the molecule is OC[C@H]1C[C@@H](Oc2ccccc2Cc2cccc(F)c2)C[C@@H](O)[C@@H]1O. The second kappa shape index (κ2) is 7.95. The van der Waals surface area contributed by atoms with Crippen LogP contribution in [0.4, 0.5) is 4.39 Å². The summed E-state index contributed by atoms with van der Waals surface area (Å²) < 4.78 is 19.5. The highest BCUT2D eigenvalue weighted by atomic mass is 19.1. The molecule has 25 heavy (non-hydrogen) atoms. The Morgan fingerprint density at radius 1 is 1.04 bits per heavy atom. The third kappa shape index (κ3) is 4.37. The molecular weight excluding hydrogens is 323 g/mol. The summed E-state index contributed by atoms with van der Waals surface area (Å²) in [5.74, 6) is 0.00671. The minimum Gasteiger partial charge on any atom is -0.490 e. The molecule has 3 N–H and O–H groups in total. The lowest BCUT2D eigenvalue weighted by molar-refractivity contribution is -0.0892. The Labute approximate surface area is 146 Å². The number of aliphatic hydroxyl groups is 3. The van der Waals surface area contributed by atoms with E-state index in [4.69, 9.17) is 4.74 Å². The van der Waals surface area contributed by atoms with Crippen molar-refractivity contribution in [2.75, 3.05) is 6.61 Å². The van der Waals surface area contributed by atoms with E-state index in [9.17, 15) is 19.7 Å². The molecule has 0 saturated heterocycles. The van der Waals surface area contributed by atoms with E-state index in [0.717, 1.165) is 11.1 Å². The molecule has 0 amide bonds. The van der Waals surface area contributed by atoms with Crippen molar-refractivity contribution in [2.24, 2.45) is 5.92 Å². The number of hydrogen-bond donors (Lipinski definition) is 3. The van der Waals surface area contributed by atoms with Crippen molar-refractivity contribution in [1.29, 1.82) is 0 Å². The van der Waals surface area contributed by atoms with E-state index in [1.807, 2.05) is 30.3 Å². The fraction of sp³-hybridized carbons (Fsp3) is 0.400.